The number of phenols is 1. The fraction of sp³-hybridized carbons (Fsp3) is 0.457. The number of ether oxygens (including phenoxy) is 2. The summed E-state index contributed by atoms with van der Waals surface area (Å²) in [6.07, 6.45) is 3.26. The first-order valence-corrected chi connectivity index (χ1v) is 16.5. The third-order valence-electron chi connectivity index (χ3n) is 9.52. The number of piperazine rings is 1. The molecule has 248 valence electrons. The van der Waals surface area contributed by atoms with Crippen molar-refractivity contribution in [1.82, 2.24) is 19.8 Å². The lowest BCUT2D eigenvalue weighted by atomic mass is 9.95. The average molecular weight is 666 g/mol. The number of nitrogens with zero attached hydrogens (tertiary/aromatic N) is 5. The van der Waals surface area contributed by atoms with E-state index in [1.165, 1.54) is 6.07 Å². The quantitative estimate of drug-likeness (QED) is 0.240. The van der Waals surface area contributed by atoms with Gasteiger partial charge in [-0.3, -0.25) is 4.90 Å². The van der Waals surface area contributed by atoms with Gasteiger partial charge in [0.15, 0.2) is 17.4 Å². The lowest BCUT2D eigenvalue weighted by Crippen LogP contribution is -2.57. The summed E-state index contributed by atoms with van der Waals surface area (Å²) in [6.45, 7) is 7.71. The number of likely N-dealkylation sites (tertiary alicyclic amines) is 1. The van der Waals surface area contributed by atoms with Crippen LogP contribution in [-0.2, 0) is 4.74 Å². The highest BCUT2D eigenvalue weighted by atomic mass is 35.5. The van der Waals surface area contributed by atoms with Gasteiger partial charge in [-0.05, 0) is 83.0 Å². The van der Waals surface area contributed by atoms with Crippen molar-refractivity contribution in [2.75, 3.05) is 38.2 Å². The first-order valence-electron chi connectivity index (χ1n) is 16.1. The zero-order chi connectivity index (χ0) is 33.2. The third-order valence-corrected chi connectivity index (χ3v) is 9.82. The molecule has 1 aromatic heterocycles. The lowest BCUT2D eigenvalue weighted by Gasteiger charge is -2.42. The Bertz CT molecular complexity index is 1870. The Kier molecular flexibility index (Phi) is 8.03. The number of carbonyl (C=O) groups is 1. The van der Waals surface area contributed by atoms with Crippen LogP contribution < -0.4 is 9.64 Å². The molecule has 3 aliphatic rings. The molecular weight excluding hydrogens is 628 g/mol. The summed E-state index contributed by atoms with van der Waals surface area (Å²) in [7, 11) is 2.04. The highest BCUT2D eigenvalue weighted by Crippen LogP contribution is 2.45. The average Bonchev–Trinajstić information content (AvgIpc) is 3.55. The van der Waals surface area contributed by atoms with Gasteiger partial charge in [0.05, 0.1) is 17.1 Å². The van der Waals surface area contributed by atoms with E-state index in [1.807, 2.05) is 37.6 Å². The van der Waals surface area contributed by atoms with Crippen molar-refractivity contribution in [2.45, 2.75) is 70.2 Å². The summed E-state index contributed by atoms with van der Waals surface area (Å²) in [5, 5.41) is 11.7. The standard InChI is InChI=1S/C35H38ClF2N5O4/c1-35(2,3)47-34(45)43-20-11-12-21(43)17-42(16-20)32-24-15-25(36)28(27-23-10-6-5-8-19(23)14-26(44)29(27)37)30(38)31(24)39-33(40-32)46-18-22-9-7-13-41(22)4/h5-6,8,10,14-15,20-22,44H,7,9,11-13,16-18H2,1-4H3/t20?,21?,22-/m0/s1. The van der Waals surface area contributed by atoms with Crippen molar-refractivity contribution in [2.24, 2.45) is 0 Å². The van der Waals surface area contributed by atoms with Crippen LogP contribution in [0.15, 0.2) is 36.4 Å². The van der Waals surface area contributed by atoms with Gasteiger partial charge in [-0.25, -0.2) is 13.6 Å². The van der Waals surface area contributed by atoms with E-state index in [4.69, 9.17) is 26.1 Å². The summed E-state index contributed by atoms with van der Waals surface area (Å²) >= 11 is 6.81. The maximum absolute atomic E-state index is 16.9. The number of amides is 1. The molecule has 3 atom stereocenters. The van der Waals surface area contributed by atoms with E-state index in [0.29, 0.717) is 41.7 Å². The molecule has 4 aromatic rings. The molecule has 0 spiro atoms. The maximum Gasteiger partial charge on any atom is 0.410 e. The van der Waals surface area contributed by atoms with Crippen LogP contribution in [0.3, 0.4) is 0 Å². The first kappa shape index (κ1) is 31.6. The Morgan fingerprint density at radius 2 is 1.74 bits per heavy atom. The molecule has 2 unspecified atom stereocenters. The molecule has 1 amide bonds. The van der Waals surface area contributed by atoms with E-state index < -0.39 is 23.0 Å². The van der Waals surface area contributed by atoms with E-state index >= 15 is 8.78 Å². The Balaban J connectivity index is 1.34. The number of likely N-dealkylation sites (N-methyl/N-ethyl adjacent to an activating group) is 1. The highest BCUT2D eigenvalue weighted by molar-refractivity contribution is 6.35. The number of carbonyl (C=O) groups excluding carboxylic acids is 1. The number of rotatable bonds is 5. The van der Waals surface area contributed by atoms with Gasteiger partial charge in [-0.1, -0.05) is 35.9 Å². The summed E-state index contributed by atoms with van der Waals surface area (Å²) < 4.78 is 44.4. The molecule has 3 aromatic carbocycles. The zero-order valence-corrected chi connectivity index (χ0v) is 27.7. The molecule has 47 heavy (non-hydrogen) atoms. The molecule has 4 heterocycles. The number of halogens is 3. The van der Waals surface area contributed by atoms with Gasteiger partial charge >= 0.3 is 12.1 Å². The van der Waals surface area contributed by atoms with Crippen LogP contribution in [0, 0.1) is 11.6 Å². The van der Waals surface area contributed by atoms with E-state index in [0.717, 1.165) is 32.2 Å². The van der Waals surface area contributed by atoms with Crippen molar-refractivity contribution in [3.05, 3.63) is 53.1 Å². The molecular formula is C35H38ClF2N5O4. The van der Waals surface area contributed by atoms with Gasteiger partial charge in [0.25, 0.3) is 0 Å². The summed E-state index contributed by atoms with van der Waals surface area (Å²) in [5.41, 5.74) is -1.05. The van der Waals surface area contributed by atoms with Gasteiger partial charge in [0, 0.05) is 35.6 Å². The fourth-order valence-corrected chi connectivity index (χ4v) is 7.58. The first-order chi connectivity index (χ1) is 22.4. The number of phenolic OH excluding ortho intramolecular Hbond substituents is 1. The lowest BCUT2D eigenvalue weighted by molar-refractivity contribution is 0.0122. The van der Waals surface area contributed by atoms with E-state index in [-0.39, 0.29) is 51.9 Å². The second-order valence-electron chi connectivity index (χ2n) is 13.8. The van der Waals surface area contributed by atoms with E-state index in [1.54, 1.807) is 30.3 Å². The number of benzene rings is 3. The minimum absolute atomic E-state index is 0.00290. The molecule has 7 rings (SSSR count). The van der Waals surface area contributed by atoms with Gasteiger partial charge < -0.3 is 24.4 Å². The third kappa shape index (κ3) is 5.77. The van der Waals surface area contributed by atoms with E-state index in [2.05, 4.69) is 9.88 Å². The number of anilines is 1. The number of aromatic hydroxyl groups is 1. The van der Waals surface area contributed by atoms with Crippen molar-refractivity contribution in [3.63, 3.8) is 0 Å². The predicted molar refractivity (Wildman–Crippen MR) is 177 cm³/mol. The van der Waals surface area contributed by atoms with Gasteiger partial charge in [-0.2, -0.15) is 9.97 Å². The van der Waals surface area contributed by atoms with Gasteiger partial charge in [0.1, 0.15) is 23.5 Å². The Labute approximate surface area is 277 Å². The number of hydrogen-bond donors (Lipinski definition) is 1. The van der Waals surface area contributed by atoms with Crippen LogP contribution in [0.1, 0.15) is 46.5 Å². The summed E-state index contributed by atoms with van der Waals surface area (Å²) in [4.78, 5) is 28.5. The van der Waals surface area contributed by atoms with Gasteiger partial charge in [-0.15, -0.1) is 0 Å². The van der Waals surface area contributed by atoms with E-state index in [9.17, 15) is 9.90 Å². The SMILES string of the molecule is CN1CCC[C@H]1COc1nc(N2CC3CCC(C2)N3C(=O)OC(C)(C)C)c2cc(Cl)c(-c3c(F)c(O)cc4ccccc34)c(F)c2n1. The number of hydrogen-bond acceptors (Lipinski definition) is 8. The minimum Gasteiger partial charge on any atom is -0.505 e. The van der Waals surface area contributed by atoms with Crippen LogP contribution in [0.25, 0.3) is 32.8 Å². The smallest absolute Gasteiger partial charge is 0.410 e. The van der Waals surface area contributed by atoms with Crippen molar-refractivity contribution in [1.29, 1.82) is 0 Å². The largest absolute Gasteiger partial charge is 0.505 e. The Morgan fingerprint density at radius 3 is 2.43 bits per heavy atom. The molecule has 12 heteroatoms. The second-order valence-corrected chi connectivity index (χ2v) is 14.3. The monoisotopic (exact) mass is 665 g/mol. The Hall–Kier alpha value is -3.96. The van der Waals surface area contributed by atoms with Crippen LogP contribution in [0.4, 0.5) is 19.4 Å². The van der Waals surface area contributed by atoms with Gasteiger partial charge in [0.2, 0.25) is 0 Å². The zero-order valence-electron chi connectivity index (χ0n) is 26.9. The molecule has 0 saturated carbocycles. The molecule has 3 aliphatic heterocycles. The van der Waals surface area contributed by atoms with Crippen molar-refractivity contribution in [3.8, 4) is 22.9 Å². The van der Waals surface area contributed by atoms with Crippen LogP contribution in [-0.4, -0.2) is 88.0 Å². The molecule has 0 radical (unpaired) electrons. The topological polar surface area (TPSA) is 91.3 Å². The molecule has 0 aliphatic carbocycles. The van der Waals surface area contributed by atoms with Crippen molar-refractivity contribution >= 4 is 45.2 Å². The van der Waals surface area contributed by atoms with Crippen molar-refractivity contribution < 1.29 is 28.2 Å². The Morgan fingerprint density at radius 1 is 1.02 bits per heavy atom. The molecule has 2 bridgehead atoms. The minimum atomic E-state index is -0.978. The summed E-state index contributed by atoms with van der Waals surface area (Å²) in [6, 6.07) is 9.61. The fourth-order valence-electron chi connectivity index (χ4n) is 7.30. The molecule has 1 N–H and O–H groups in total. The molecule has 3 saturated heterocycles. The van der Waals surface area contributed by atoms with Crippen LogP contribution >= 0.6 is 11.6 Å². The molecule has 9 nitrogen and oxygen atoms in total. The number of fused-ring (bicyclic) bond motifs is 4. The number of aromatic nitrogens is 2. The normalized spacial score (nSPS) is 21.6. The van der Waals surface area contributed by atoms with Crippen LogP contribution in [0.2, 0.25) is 5.02 Å². The predicted octanol–water partition coefficient (Wildman–Crippen LogP) is 7.15. The van der Waals surface area contributed by atoms with Crippen LogP contribution in [0.5, 0.6) is 11.8 Å². The second kappa shape index (κ2) is 11.9. The maximum atomic E-state index is 16.9. The molecule has 3 fully saturated rings. The highest BCUT2D eigenvalue weighted by Gasteiger charge is 2.45. The summed E-state index contributed by atoms with van der Waals surface area (Å²) in [5.74, 6) is -2.00.